The molecule has 1 atom stereocenters. The highest BCUT2D eigenvalue weighted by molar-refractivity contribution is 5.85. The van der Waals surface area contributed by atoms with Crippen LogP contribution < -0.4 is 5.32 Å². The molecule has 4 nitrogen and oxygen atoms in total. The summed E-state index contributed by atoms with van der Waals surface area (Å²) in [5, 5.41) is 3.41. The highest BCUT2D eigenvalue weighted by atomic mass is 35.5. The van der Waals surface area contributed by atoms with Crippen LogP contribution in [0.4, 0.5) is 0 Å². The van der Waals surface area contributed by atoms with Gasteiger partial charge in [0.05, 0.1) is 0 Å². The SMILES string of the molecule is CC(C)(C(=O)N1CCC(N2CCNCC2)C1)C1CCCC1.Cl. The maximum Gasteiger partial charge on any atom is 0.228 e. The van der Waals surface area contributed by atoms with Crippen LogP contribution >= 0.6 is 12.4 Å². The third-order valence-electron chi connectivity index (χ3n) is 6.05. The molecule has 3 rings (SSSR count). The van der Waals surface area contributed by atoms with Crippen LogP contribution in [-0.2, 0) is 4.79 Å². The van der Waals surface area contributed by atoms with Crippen LogP contribution in [-0.4, -0.2) is 61.0 Å². The molecule has 0 radical (unpaired) electrons. The maximum absolute atomic E-state index is 13.0. The molecule has 22 heavy (non-hydrogen) atoms. The van der Waals surface area contributed by atoms with Crippen LogP contribution in [0.2, 0.25) is 0 Å². The van der Waals surface area contributed by atoms with E-state index in [1.54, 1.807) is 0 Å². The van der Waals surface area contributed by atoms with Gasteiger partial charge in [0.1, 0.15) is 0 Å². The molecule has 0 aromatic rings. The molecule has 0 bridgehead atoms. The fourth-order valence-electron chi connectivity index (χ4n) is 4.50. The summed E-state index contributed by atoms with van der Waals surface area (Å²) in [7, 11) is 0. The normalized spacial score (nSPS) is 27.9. The topological polar surface area (TPSA) is 35.6 Å². The van der Waals surface area contributed by atoms with Gasteiger partial charge in [-0.2, -0.15) is 0 Å². The maximum atomic E-state index is 13.0. The Morgan fingerprint density at radius 3 is 2.32 bits per heavy atom. The molecule has 1 unspecified atom stereocenters. The van der Waals surface area contributed by atoms with E-state index in [4.69, 9.17) is 0 Å². The minimum Gasteiger partial charge on any atom is -0.341 e. The first kappa shape index (κ1) is 18.0. The van der Waals surface area contributed by atoms with Crippen molar-refractivity contribution >= 4 is 18.3 Å². The number of likely N-dealkylation sites (tertiary alicyclic amines) is 1. The predicted octanol–water partition coefficient (Wildman–Crippen LogP) is 2.13. The summed E-state index contributed by atoms with van der Waals surface area (Å²) < 4.78 is 0. The van der Waals surface area contributed by atoms with Crippen LogP contribution in [0, 0.1) is 11.3 Å². The molecule has 1 amide bonds. The molecule has 0 aromatic heterocycles. The van der Waals surface area contributed by atoms with Gasteiger partial charge in [0.25, 0.3) is 0 Å². The van der Waals surface area contributed by atoms with Crippen molar-refractivity contribution in [3.05, 3.63) is 0 Å². The van der Waals surface area contributed by atoms with E-state index in [1.165, 1.54) is 25.7 Å². The molecule has 5 heteroatoms. The number of carbonyl (C=O) groups excluding carboxylic acids is 1. The lowest BCUT2D eigenvalue weighted by molar-refractivity contribution is -0.142. The van der Waals surface area contributed by atoms with Crippen LogP contribution in [0.3, 0.4) is 0 Å². The van der Waals surface area contributed by atoms with E-state index in [0.29, 0.717) is 17.9 Å². The first-order valence-electron chi connectivity index (χ1n) is 8.83. The van der Waals surface area contributed by atoms with E-state index in [-0.39, 0.29) is 17.8 Å². The number of piperazine rings is 1. The zero-order valence-electron chi connectivity index (χ0n) is 14.1. The standard InChI is InChI=1S/C17H31N3O.ClH/c1-17(2,14-5-3-4-6-14)16(21)20-10-7-15(13-20)19-11-8-18-9-12-19;/h14-15,18H,3-13H2,1-2H3;1H. The Morgan fingerprint density at radius 2 is 1.68 bits per heavy atom. The van der Waals surface area contributed by atoms with Gasteiger partial charge in [0.15, 0.2) is 0 Å². The summed E-state index contributed by atoms with van der Waals surface area (Å²) in [6, 6.07) is 0.593. The number of amides is 1. The number of halogens is 1. The minimum atomic E-state index is -0.158. The summed E-state index contributed by atoms with van der Waals surface area (Å²) in [5.74, 6) is 1.01. The Labute approximate surface area is 141 Å². The lowest BCUT2D eigenvalue weighted by Gasteiger charge is -2.36. The number of hydrogen-bond donors (Lipinski definition) is 1. The molecule has 3 aliphatic rings. The number of hydrogen-bond acceptors (Lipinski definition) is 3. The van der Waals surface area contributed by atoms with Crippen molar-refractivity contribution in [1.82, 2.24) is 15.1 Å². The lowest BCUT2D eigenvalue weighted by Crippen LogP contribution is -2.50. The van der Waals surface area contributed by atoms with E-state index in [0.717, 1.165) is 45.7 Å². The average molecular weight is 330 g/mol. The third kappa shape index (κ3) is 3.60. The fraction of sp³-hybridized carbons (Fsp3) is 0.941. The molecule has 0 spiro atoms. The minimum absolute atomic E-state index is 0. The molecule has 1 saturated carbocycles. The zero-order chi connectivity index (χ0) is 14.9. The van der Waals surface area contributed by atoms with Gasteiger partial charge in [-0.05, 0) is 25.2 Å². The Balaban J connectivity index is 0.00000176. The van der Waals surface area contributed by atoms with Gasteiger partial charge in [-0.3, -0.25) is 9.69 Å². The lowest BCUT2D eigenvalue weighted by atomic mass is 9.76. The molecular weight excluding hydrogens is 298 g/mol. The first-order valence-corrected chi connectivity index (χ1v) is 8.83. The Bertz CT molecular complexity index is 376. The van der Waals surface area contributed by atoms with Gasteiger partial charge in [0, 0.05) is 50.7 Å². The van der Waals surface area contributed by atoms with Crippen molar-refractivity contribution in [3.8, 4) is 0 Å². The summed E-state index contributed by atoms with van der Waals surface area (Å²) >= 11 is 0. The van der Waals surface area contributed by atoms with Gasteiger partial charge in [-0.25, -0.2) is 0 Å². The summed E-state index contributed by atoms with van der Waals surface area (Å²) in [6.45, 7) is 10.7. The predicted molar refractivity (Wildman–Crippen MR) is 92.4 cm³/mol. The second kappa shape index (κ2) is 7.50. The number of rotatable bonds is 3. The van der Waals surface area contributed by atoms with Crippen LogP contribution in [0.5, 0.6) is 0 Å². The monoisotopic (exact) mass is 329 g/mol. The van der Waals surface area contributed by atoms with Crippen molar-refractivity contribution in [2.75, 3.05) is 39.3 Å². The van der Waals surface area contributed by atoms with E-state index in [2.05, 4.69) is 29.0 Å². The van der Waals surface area contributed by atoms with E-state index in [9.17, 15) is 4.79 Å². The van der Waals surface area contributed by atoms with Gasteiger partial charge in [-0.1, -0.05) is 26.7 Å². The molecule has 1 N–H and O–H groups in total. The zero-order valence-corrected chi connectivity index (χ0v) is 15.0. The van der Waals surface area contributed by atoms with Crippen molar-refractivity contribution in [1.29, 1.82) is 0 Å². The Hall–Kier alpha value is -0.320. The second-order valence-corrected chi connectivity index (χ2v) is 7.68. The van der Waals surface area contributed by atoms with E-state index < -0.39 is 0 Å². The summed E-state index contributed by atoms with van der Waals surface area (Å²) in [4.78, 5) is 17.7. The summed E-state index contributed by atoms with van der Waals surface area (Å²) in [5.41, 5.74) is -0.158. The van der Waals surface area contributed by atoms with E-state index >= 15 is 0 Å². The third-order valence-corrected chi connectivity index (χ3v) is 6.05. The Morgan fingerprint density at radius 1 is 1.05 bits per heavy atom. The quantitative estimate of drug-likeness (QED) is 0.861. The van der Waals surface area contributed by atoms with Gasteiger partial charge < -0.3 is 10.2 Å². The fourth-order valence-corrected chi connectivity index (χ4v) is 4.50. The van der Waals surface area contributed by atoms with Crippen molar-refractivity contribution < 1.29 is 4.79 Å². The van der Waals surface area contributed by atoms with Crippen molar-refractivity contribution in [2.45, 2.75) is 52.0 Å². The second-order valence-electron chi connectivity index (χ2n) is 7.68. The van der Waals surface area contributed by atoms with Crippen molar-refractivity contribution in [2.24, 2.45) is 11.3 Å². The van der Waals surface area contributed by atoms with Crippen LogP contribution in [0.1, 0.15) is 46.0 Å². The van der Waals surface area contributed by atoms with E-state index in [1.807, 2.05) is 0 Å². The average Bonchev–Trinajstić information content (AvgIpc) is 3.19. The molecule has 2 heterocycles. The number of carbonyl (C=O) groups is 1. The summed E-state index contributed by atoms with van der Waals surface area (Å²) in [6.07, 6.45) is 6.27. The van der Waals surface area contributed by atoms with Gasteiger partial charge in [0.2, 0.25) is 5.91 Å². The van der Waals surface area contributed by atoms with Crippen LogP contribution in [0.25, 0.3) is 0 Å². The van der Waals surface area contributed by atoms with Crippen molar-refractivity contribution in [3.63, 3.8) is 0 Å². The molecule has 3 fully saturated rings. The molecule has 1 aliphatic carbocycles. The Kier molecular flexibility index (Phi) is 6.14. The smallest absolute Gasteiger partial charge is 0.228 e. The molecule has 2 saturated heterocycles. The molecule has 128 valence electrons. The number of nitrogens with zero attached hydrogens (tertiary/aromatic N) is 2. The first-order chi connectivity index (χ1) is 10.1. The molecule has 0 aromatic carbocycles. The highest BCUT2D eigenvalue weighted by Crippen LogP contribution is 2.41. The largest absolute Gasteiger partial charge is 0.341 e. The highest BCUT2D eigenvalue weighted by Gasteiger charge is 2.42. The van der Waals surface area contributed by atoms with Gasteiger partial charge in [-0.15, -0.1) is 12.4 Å². The number of nitrogens with one attached hydrogen (secondary N) is 1. The molecular formula is C17H32ClN3O. The van der Waals surface area contributed by atoms with Crippen LogP contribution in [0.15, 0.2) is 0 Å². The molecule has 2 aliphatic heterocycles. The van der Waals surface area contributed by atoms with Gasteiger partial charge >= 0.3 is 0 Å².